The molecule has 0 saturated heterocycles. The molecule has 0 spiro atoms. The van der Waals surface area contributed by atoms with Crippen LogP contribution in [-0.4, -0.2) is 5.97 Å². The minimum atomic E-state index is -0.418. The number of nitrogens with two attached hydrogens (primary N) is 1. The molecular weight excluding hydrogens is 297 g/mol. The highest BCUT2D eigenvalue weighted by Crippen LogP contribution is 2.22. The van der Waals surface area contributed by atoms with E-state index in [1.807, 2.05) is 0 Å². The van der Waals surface area contributed by atoms with Crippen LogP contribution in [0.2, 0.25) is 10.0 Å². The van der Waals surface area contributed by atoms with Crippen molar-refractivity contribution in [1.29, 1.82) is 0 Å². The second-order valence-corrected chi connectivity index (χ2v) is 5.23. The van der Waals surface area contributed by atoms with E-state index in [-0.39, 0.29) is 6.61 Å². The summed E-state index contributed by atoms with van der Waals surface area (Å²) in [6, 6.07) is 10.1. The van der Waals surface area contributed by atoms with Crippen molar-refractivity contribution in [2.24, 2.45) is 0 Å². The highest BCUT2D eigenvalue weighted by atomic mass is 35.5. The van der Waals surface area contributed by atoms with E-state index in [1.54, 1.807) is 43.3 Å². The molecule has 0 fully saturated rings. The van der Waals surface area contributed by atoms with Gasteiger partial charge in [-0.25, -0.2) is 4.79 Å². The predicted octanol–water partition coefficient (Wildman–Crippen LogP) is 4.24. The zero-order valence-corrected chi connectivity index (χ0v) is 12.3. The third kappa shape index (κ3) is 3.44. The van der Waals surface area contributed by atoms with Crippen LogP contribution >= 0.6 is 23.2 Å². The van der Waals surface area contributed by atoms with Crippen LogP contribution in [0, 0.1) is 6.92 Å². The van der Waals surface area contributed by atoms with Gasteiger partial charge in [-0.05, 0) is 48.9 Å². The van der Waals surface area contributed by atoms with Crippen molar-refractivity contribution in [3.63, 3.8) is 0 Å². The Balaban J connectivity index is 2.10. The molecule has 20 heavy (non-hydrogen) atoms. The number of carbonyl (C=O) groups excluding carboxylic acids is 1. The quantitative estimate of drug-likeness (QED) is 0.681. The molecule has 0 radical (unpaired) electrons. The molecule has 104 valence electrons. The second kappa shape index (κ2) is 6.16. The summed E-state index contributed by atoms with van der Waals surface area (Å²) in [5.41, 5.74) is 8.17. The summed E-state index contributed by atoms with van der Waals surface area (Å²) in [5, 5.41) is 1.06. The molecule has 0 amide bonds. The monoisotopic (exact) mass is 309 g/mol. The van der Waals surface area contributed by atoms with Gasteiger partial charge in [0, 0.05) is 21.3 Å². The molecule has 0 aromatic heterocycles. The van der Waals surface area contributed by atoms with Gasteiger partial charge in [0.25, 0.3) is 0 Å². The fourth-order valence-corrected chi connectivity index (χ4v) is 2.16. The van der Waals surface area contributed by atoms with Crippen LogP contribution in [0.1, 0.15) is 21.5 Å². The average molecular weight is 310 g/mol. The molecule has 5 heteroatoms. The van der Waals surface area contributed by atoms with Crippen molar-refractivity contribution in [3.8, 4) is 0 Å². The summed E-state index contributed by atoms with van der Waals surface area (Å²) >= 11 is 11.9. The number of benzene rings is 2. The number of nitrogen functional groups attached to an aromatic ring is 1. The minimum Gasteiger partial charge on any atom is -0.457 e. The minimum absolute atomic E-state index is 0.0715. The van der Waals surface area contributed by atoms with E-state index in [0.29, 0.717) is 26.9 Å². The summed E-state index contributed by atoms with van der Waals surface area (Å²) in [7, 11) is 0. The normalized spacial score (nSPS) is 10.3. The molecule has 0 aliphatic carbocycles. The Morgan fingerprint density at radius 1 is 1.20 bits per heavy atom. The van der Waals surface area contributed by atoms with Crippen molar-refractivity contribution >= 4 is 34.9 Å². The topological polar surface area (TPSA) is 52.3 Å². The Labute approximate surface area is 127 Å². The largest absolute Gasteiger partial charge is 0.457 e. The Kier molecular flexibility index (Phi) is 4.53. The molecule has 0 saturated carbocycles. The molecule has 2 aromatic rings. The van der Waals surface area contributed by atoms with Gasteiger partial charge >= 0.3 is 5.97 Å². The zero-order chi connectivity index (χ0) is 14.7. The molecule has 0 atom stereocenters. The van der Waals surface area contributed by atoms with Crippen molar-refractivity contribution in [1.82, 2.24) is 0 Å². The fraction of sp³-hybridized carbons (Fsp3) is 0.133. The van der Waals surface area contributed by atoms with Gasteiger partial charge in [-0.3, -0.25) is 0 Å². The number of esters is 1. The van der Waals surface area contributed by atoms with E-state index in [1.165, 1.54) is 0 Å². The van der Waals surface area contributed by atoms with Crippen LogP contribution < -0.4 is 5.73 Å². The highest BCUT2D eigenvalue weighted by molar-refractivity contribution is 6.33. The number of rotatable bonds is 3. The fourth-order valence-electron chi connectivity index (χ4n) is 1.79. The van der Waals surface area contributed by atoms with Gasteiger partial charge in [0.1, 0.15) is 6.61 Å². The van der Waals surface area contributed by atoms with E-state index in [9.17, 15) is 4.79 Å². The summed E-state index contributed by atoms with van der Waals surface area (Å²) < 4.78 is 5.25. The first-order chi connectivity index (χ1) is 9.47. The SMILES string of the molecule is Cc1cc(N)ccc1C(=O)OCc1cc(Cl)ccc1Cl. The number of ether oxygens (including phenoxy) is 1. The van der Waals surface area contributed by atoms with Gasteiger partial charge in [0.05, 0.1) is 5.56 Å². The maximum Gasteiger partial charge on any atom is 0.338 e. The highest BCUT2D eigenvalue weighted by Gasteiger charge is 2.12. The standard InChI is InChI=1S/C15H13Cl2NO2/c1-9-6-12(18)3-4-13(9)15(19)20-8-10-7-11(16)2-5-14(10)17/h2-7H,8,18H2,1H3. The van der Waals surface area contributed by atoms with E-state index < -0.39 is 5.97 Å². The number of hydrogen-bond acceptors (Lipinski definition) is 3. The first-order valence-electron chi connectivity index (χ1n) is 5.94. The number of aryl methyl sites for hydroxylation is 1. The molecule has 0 unspecified atom stereocenters. The Hall–Kier alpha value is -1.71. The van der Waals surface area contributed by atoms with E-state index in [0.717, 1.165) is 5.56 Å². The zero-order valence-electron chi connectivity index (χ0n) is 10.8. The summed E-state index contributed by atoms with van der Waals surface area (Å²) in [6.07, 6.45) is 0. The predicted molar refractivity (Wildman–Crippen MR) is 81.2 cm³/mol. The lowest BCUT2D eigenvalue weighted by Crippen LogP contribution is -2.07. The summed E-state index contributed by atoms with van der Waals surface area (Å²) in [4.78, 5) is 12.0. The Morgan fingerprint density at radius 2 is 1.95 bits per heavy atom. The van der Waals surface area contributed by atoms with E-state index in [2.05, 4.69) is 0 Å². The van der Waals surface area contributed by atoms with Gasteiger partial charge in [0.15, 0.2) is 0 Å². The van der Waals surface area contributed by atoms with Crippen LogP contribution in [0.4, 0.5) is 5.69 Å². The maximum atomic E-state index is 12.0. The molecule has 2 N–H and O–H groups in total. The summed E-state index contributed by atoms with van der Waals surface area (Å²) in [6.45, 7) is 1.88. The van der Waals surface area contributed by atoms with E-state index in [4.69, 9.17) is 33.7 Å². The van der Waals surface area contributed by atoms with Crippen molar-refractivity contribution < 1.29 is 9.53 Å². The molecule has 0 aliphatic heterocycles. The number of anilines is 1. The van der Waals surface area contributed by atoms with Gasteiger partial charge in [-0.15, -0.1) is 0 Å². The van der Waals surface area contributed by atoms with Gasteiger partial charge in [0.2, 0.25) is 0 Å². The van der Waals surface area contributed by atoms with Crippen molar-refractivity contribution in [2.45, 2.75) is 13.5 Å². The molecule has 2 aromatic carbocycles. The van der Waals surface area contributed by atoms with Crippen molar-refractivity contribution in [2.75, 3.05) is 5.73 Å². The lowest BCUT2D eigenvalue weighted by Gasteiger charge is -2.09. The number of carbonyl (C=O) groups is 1. The molecule has 0 aliphatic rings. The third-order valence-corrected chi connectivity index (χ3v) is 3.44. The molecule has 0 heterocycles. The number of hydrogen-bond donors (Lipinski definition) is 1. The second-order valence-electron chi connectivity index (χ2n) is 4.39. The molecule has 2 rings (SSSR count). The third-order valence-electron chi connectivity index (χ3n) is 2.84. The maximum absolute atomic E-state index is 12.0. The van der Waals surface area contributed by atoms with Crippen LogP contribution in [0.25, 0.3) is 0 Å². The first-order valence-corrected chi connectivity index (χ1v) is 6.70. The van der Waals surface area contributed by atoms with Crippen LogP contribution in [0.15, 0.2) is 36.4 Å². The van der Waals surface area contributed by atoms with E-state index >= 15 is 0 Å². The average Bonchev–Trinajstić information content (AvgIpc) is 2.39. The van der Waals surface area contributed by atoms with Crippen LogP contribution in [0.5, 0.6) is 0 Å². The lowest BCUT2D eigenvalue weighted by atomic mass is 10.1. The lowest BCUT2D eigenvalue weighted by molar-refractivity contribution is 0.0472. The molecule has 3 nitrogen and oxygen atoms in total. The Morgan fingerprint density at radius 3 is 2.65 bits per heavy atom. The summed E-state index contributed by atoms with van der Waals surface area (Å²) in [5.74, 6) is -0.418. The molecular formula is C15H13Cl2NO2. The smallest absolute Gasteiger partial charge is 0.338 e. The van der Waals surface area contributed by atoms with Gasteiger partial charge < -0.3 is 10.5 Å². The van der Waals surface area contributed by atoms with Crippen LogP contribution in [-0.2, 0) is 11.3 Å². The number of halogens is 2. The molecule has 0 bridgehead atoms. The first kappa shape index (κ1) is 14.7. The van der Waals surface area contributed by atoms with Gasteiger partial charge in [-0.2, -0.15) is 0 Å². The van der Waals surface area contributed by atoms with Crippen LogP contribution in [0.3, 0.4) is 0 Å². The van der Waals surface area contributed by atoms with Gasteiger partial charge in [-0.1, -0.05) is 23.2 Å². The van der Waals surface area contributed by atoms with Crippen molar-refractivity contribution in [3.05, 3.63) is 63.1 Å². The Bertz CT molecular complexity index is 656.